The van der Waals surface area contributed by atoms with Crippen molar-refractivity contribution in [3.8, 4) is 11.3 Å². The summed E-state index contributed by atoms with van der Waals surface area (Å²) < 4.78 is 25.4. The van der Waals surface area contributed by atoms with Crippen LogP contribution in [-0.2, 0) is 22.9 Å². The van der Waals surface area contributed by atoms with Crippen molar-refractivity contribution in [2.24, 2.45) is 0 Å². The lowest BCUT2D eigenvalue weighted by atomic mass is 9.91. The molecule has 1 aromatic heterocycles. The van der Waals surface area contributed by atoms with Gasteiger partial charge in [0.05, 0.1) is 6.26 Å². The molecule has 0 fully saturated rings. The van der Waals surface area contributed by atoms with E-state index in [2.05, 4.69) is 73.0 Å². The first kappa shape index (κ1) is 35.2. The van der Waals surface area contributed by atoms with E-state index in [0.29, 0.717) is 30.6 Å². The minimum Gasteiger partial charge on any atom is -0.354 e. The first-order chi connectivity index (χ1) is 21.9. The number of hydrogen-bond donors (Lipinski definition) is 3. The molecule has 8 heteroatoms. The fraction of sp³-hybridized carbons (Fsp3) is 0.447. The van der Waals surface area contributed by atoms with Gasteiger partial charge in [0.1, 0.15) is 0 Å². The number of carbonyl (C=O) groups is 1. The smallest absolute Gasteiger partial charge is 0.253 e. The maximum atomic E-state index is 13.3. The van der Waals surface area contributed by atoms with Gasteiger partial charge in [0.25, 0.3) is 5.91 Å². The Morgan fingerprint density at radius 3 is 2.07 bits per heavy atom. The SMILES string of the molecule is CCN(CC)C(=O)c1ccc2[nH]c(-c3cc(C(C)C)cc(C(C)C)c3)c(CCNCCCCc3ccc(NS(C)(=O)=O)cc3)c2c1. The summed E-state index contributed by atoms with van der Waals surface area (Å²) in [6.07, 6.45) is 5.03. The Balaban J connectivity index is 1.50. The van der Waals surface area contributed by atoms with Crippen molar-refractivity contribution >= 4 is 32.5 Å². The predicted molar refractivity (Wildman–Crippen MR) is 194 cm³/mol. The minimum absolute atomic E-state index is 0.0731. The van der Waals surface area contributed by atoms with E-state index in [1.54, 1.807) is 0 Å². The van der Waals surface area contributed by atoms with Crippen molar-refractivity contribution in [1.82, 2.24) is 15.2 Å². The zero-order valence-corrected chi connectivity index (χ0v) is 29.5. The number of amides is 1. The Kier molecular flexibility index (Phi) is 12.1. The molecule has 7 nitrogen and oxygen atoms in total. The summed E-state index contributed by atoms with van der Waals surface area (Å²) in [5.74, 6) is 0.920. The van der Waals surface area contributed by atoms with Gasteiger partial charge in [0, 0.05) is 40.9 Å². The van der Waals surface area contributed by atoms with Crippen LogP contribution in [0.15, 0.2) is 60.7 Å². The van der Waals surface area contributed by atoms with Crippen LogP contribution in [0.25, 0.3) is 22.2 Å². The van der Waals surface area contributed by atoms with Crippen molar-refractivity contribution < 1.29 is 13.2 Å². The number of nitrogens with zero attached hydrogens (tertiary/aromatic N) is 1. The topological polar surface area (TPSA) is 94.3 Å². The number of aryl methyl sites for hydroxylation is 1. The summed E-state index contributed by atoms with van der Waals surface area (Å²) in [5, 5.41) is 4.77. The van der Waals surface area contributed by atoms with Crippen LogP contribution in [0, 0.1) is 0 Å². The van der Waals surface area contributed by atoms with Gasteiger partial charge in [-0.2, -0.15) is 0 Å². The molecule has 0 saturated carbocycles. The Morgan fingerprint density at radius 2 is 1.48 bits per heavy atom. The van der Waals surface area contributed by atoms with E-state index in [4.69, 9.17) is 0 Å². The largest absolute Gasteiger partial charge is 0.354 e. The second-order valence-electron chi connectivity index (χ2n) is 12.9. The van der Waals surface area contributed by atoms with Gasteiger partial charge in [-0.05, 0) is 135 Å². The lowest BCUT2D eigenvalue weighted by Gasteiger charge is -2.18. The number of fused-ring (bicyclic) bond motifs is 1. The second kappa shape index (κ2) is 15.8. The summed E-state index contributed by atoms with van der Waals surface area (Å²) >= 11 is 0. The van der Waals surface area contributed by atoms with Gasteiger partial charge in [-0.3, -0.25) is 9.52 Å². The Morgan fingerprint density at radius 1 is 0.826 bits per heavy atom. The first-order valence-electron chi connectivity index (χ1n) is 16.8. The number of anilines is 1. The number of aromatic nitrogens is 1. The van der Waals surface area contributed by atoms with E-state index in [0.717, 1.165) is 67.2 Å². The molecule has 0 radical (unpaired) electrons. The van der Waals surface area contributed by atoms with Crippen LogP contribution in [0.3, 0.4) is 0 Å². The third-order valence-corrected chi connectivity index (χ3v) is 9.29. The van der Waals surface area contributed by atoms with Crippen molar-refractivity contribution in [2.75, 3.05) is 37.2 Å². The average Bonchev–Trinajstić information content (AvgIpc) is 3.38. The Hall–Kier alpha value is -3.62. The number of benzene rings is 3. The van der Waals surface area contributed by atoms with Gasteiger partial charge in [0.2, 0.25) is 10.0 Å². The molecule has 248 valence electrons. The van der Waals surface area contributed by atoms with E-state index >= 15 is 0 Å². The maximum Gasteiger partial charge on any atom is 0.253 e. The van der Waals surface area contributed by atoms with E-state index in [9.17, 15) is 13.2 Å². The standard InChI is InChI=1S/C38H52N4O3S/c1-8-42(9-2)38(43)29-15-18-36-35(25-29)34(37(40-36)32-23-30(26(3)4)22-31(24-32)27(5)6)19-21-39-20-11-10-12-28-13-16-33(17-14-28)41-46(7,44)45/h13-18,22-27,39-41H,8-12,19-21H2,1-7H3. The highest BCUT2D eigenvalue weighted by Gasteiger charge is 2.19. The highest BCUT2D eigenvalue weighted by atomic mass is 32.2. The Bertz CT molecular complexity index is 1690. The summed E-state index contributed by atoms with van der Waals surface area (Å²) in [5.41, 5.74) is 9.83. The highest BCUT2D eigenvalue weighted by molar-refractivity contribution is 7.92. The van der Waals surface area contributed by atoms with Crippen molar-refractivity contribution in [3.05, 3.63) is 88.5 Å². The number of unbranched alkanes of at least 4 members (excludes halogenated alkanes) is 1. The van der Waals surface area contributed by atoms with Crippen LogP contribution >= 0.6 is 0 Å². The molecule has 46 heavy (non-hydrogen) atoms. The van der Waals surface area contributed by atoms with Gasteiger partial charge in [-0.1, -0.05) is 45.9 Å². The molecule has 1 amide bonds. The van der Waals surface area contributed by atoms with Crippen LogP contribution in [0.4, 0.5) is 5.69 Å². The van der Waals surface area contributed by atoms with E-state index < -0.39 is 10.0 Å². The monoisotopic (exact) mass is 644 g/mol. The van der Waals surface area contributed by atoms with Crippen molar-refractivity contribution in [1.29, 1.82) is 0 Å². The van der Waals surface area contributed by atoms with Crippen LogP contribution < -0.4 is 10.0 Å². The van der Waals surface area contributed by atoms with Crippen LogP contribution in [0.1, 0.15) is 98.8 Å². The summed E-state index contributed by atoms with van der Waals surface area (Å²) in [6, 6.07) is 20.7. The van der Waals surface area contributed by atoms with Gasteiger partial charge in [0.15, 0.2) is 0 Å². The molecule has 0 aliphatic heterocycles. The summed E-state index contributed by atoms with van der Waals surface area (Å²) in [6.45, 7) is 16.2. The molecule has 4 aromatic rings. The number of sulfonamides is 1. The second-order valence-corrected chi connectivity index (χ2v) is 14.7. The van der Waals surface area contributed by atoms with E-state index in [1.165, 1.54) is 27.8 Å². The molecule has 3 aromatic carbocycles. The average molecular weight is 645 g/mol. The number of rotatable bonds is 16. The normalized spacial score (nSPS) is 11.9. The van der Waals surface area contributed by atoms with Gasteiger partial charge in [-0.25, -0.2) is 8.42 Å². The third-order valence-electron chi connectivity index (χ3n) is 8.68. The maximum absolute atomic E-state index is 13.3. The molecule has 0 aliphatic rings. The fourth-order valence-corrected chi connectivity index (χ4v) is 6.50. The predicted octanol–water partition coefficient (Wildman–Crippen LogP) is 8.09. The lowest BCUT2D eigenvalue weighted by molar-refractivity contribution is 0.0773. The third kappa shape index (κ3) is 9.23. The number of nitrogens with one attached hydrogen (secondary N) is 3. The van der Waals surface area contributed by atoms with Crippen molar-refractivity contribution in [3.63, 3.8) is 0 Å². The molecular weight excluding hydrogens is 593 g/mol. The van der Waals surface area contributed by atoms with Crippen LogP contribution in [0.2, 0.25) is 0 Å². The number of hydrogen-bond acceptors (Lipinski definition) is 4. The zero-order valence-electron chi connectivity index (χ0n) is 28.7. The fourth-order valence-electron chi connectivity index (χ4n) is 5.94. The molecule has 0 bridgehead atoms. The molecular formula is C38H52N4O3S. The Labute approximate surface area is 276 Å². The quantitative estimate of drug-likeness (QED) is 0.108. The molecule has 0 aliphatic carbocycles. The van der Waals surface area contributed by atoms with Gasteiger partial charge in [-0.15, -0.1) is 0 Å². The number of aromatic amines is 1. The molecule has 4 rings (SSSR count). The molecule has 0 spiro atoms. The summed E-state index contributed by atoms with van der Waals surface area (Å²) in [4.78, 5) is 18.9. The molecule has 0 unspecified atom stereocenters. The number of H-pyrrole nitrogens is 1. The zero-order chi connectivity index (χ0) is 33.4. The summed E-state index contributed by atoms with van der Waals surface area (Å²) in [7, 11) is -3.27. The van der Waals surface area contributed by atoms with Crippen LogP contribution in [0.5, 0.6) is 0 Å². The number of carbonyl (C=O) groups excluding carboxylic acids is 1. The van der Waals surface area contributed by atoms with Gasteiger partial charge < -0.3 is 15.2 Å². The molecule has 0 atom stereocenters. The highest BCUT2D eigenvalue weighted by Crippen LogP contribution is 2.35. The first-order valence-corrected chi connectivity index (χ1v) is 18.7. The van der Waals surface area contributed by atoms with Crippen LogP contribution in [-0.4, -0.2) is 56.6 Å². The molecule has 1 heterocycles. The van der Waals surface area contributed by atoms with E-state index in [-0.39, 0.29) is 5.91 Å². The molecule has 0 saturated heterocycles. The van der Waals surface area contributed by atoms with Gasteiger partial charge >= 0.3 is 0 Å². The van der Waals surface area contributed by atoms with Crippen molar-refractivity contribution in [2.45, 2.75) is 79.1 Å². The minimum atomic E-state index is -3.27. The lowest BCUT2D eigenvalue weighted by Crippen LogP contribution is -2.30. The molecule has 3 N–H and O–H groups in total. The van der Waals surface area contributed by atoms with E-state index in [1.807, 2.05) is 49.1 Å².